The molecule has 576 valence electrons. The summed E-state index contributed by atoms with van der Waals surface area (Å²) in [6.07, 6.45) is -13.6. The lowest BCUT2D eigenvalue weighted by atomic mass is 9.79. The first-order chi connectivity index (χ1) is 53.1. The van der Waals surface area contributed by atoms with Crippen molar-refractivity contribution >= 4 is 100 Å². The van der Waals surface area contributed by atoms with E-state index in [9.17, 15) is 76.7 Å². The van der Waals surface area contributed by atoms with Gasteiger partial charge in [-0.1, -0.05) is 25.1 Å². The third-order valence-corrected chi connectivity index (χ3v) is 19.0. The van der Waals surface area contributed by atoms with Crippen LogP contribution in [-0.4, -0.2) is 292 Å². The van der Waals surface area contributed by atoms with Gasteiger partial charge in [-0.25, -0.2) is 9.69 Å². The highest BCUT2D eigenvalue weighted by molar-refractivity contribution is 6.23. The van der Waals surface area contributed by atoms with E-state index in [0.717, 1.165) is 14.7 Å². The third-order valence-electron chi connectivity index (χ3n) is 19.0. The van der Waals surface area contributed by atoms with Crippen LogP contribution in [0.2, 0.25) is 0 Å². The molecular formula is C68H95N7O29. The van der Waals surface area contributed by atoms with E-state index in [1.165, 1.54) is 68.6 Å². The van der Waals surface area contributed by atoms with Gasteiger partial charge in [0.15, 0.2) is 5.78 Å². The molecule has 11 amide bonds. The fraction of sp³-hybridized carbons (Fsp3) is 0.676. The Morgan fingerprint density at radius 2 is 0.760 bits per heavy atom. The zero-order valence-corrected chi connectivity index (χ0v) is 59.3. The molecule has 24 unspecified atom stereocenters. The Labute approximate surface area is 610 Å². The molecule has 0 spiro atoms. The maximum atomic E-state index is 13.0. The number of aliphatic hydroxyl groups excluding tert-OH is 4. The molecule has 1 aromatic rings. The molecule has 12 saturated heterocycles. The van der Waals surface area contributed by atoms with Crippen LogP contribution in [0.5, 0.6) is 0 Å². The van der Waals surface area contributed by atoms with Gasteiger partial charge in [0.1, 0.15) is 62.0 Å². The molecule has 8 bridgehead atoms. The number of rotatable bonds is 20. The quantitative estimate of drug-likeness (QED) is 0.0379. The van der Waals surface area contributed by atoms with Gasteiger partial charge in [0.2, 0.25) is 70.7 Å². The van der Waals surface area contributed by atoms with Gasteiger partial charge in [0.05, 0.1) is 96.7 Å². The number of imide groups is 4. The summed E-state index contributed by atoms with van der Waals surface area (Å²) in [7, 11) is 12.4. The van der Waals surface area contributed by atoms with Crippen LogP contribution >= 0.6 is 0 Å². The van der Waals surface area contributed by atoms with Gasteiger partial charge in [0.25, 0.3) is 0 Å². The van der Waals surface area contributed by atoms with Crippen LogP contribution in [0.1, 0.15) is 96.8 Å². The number of para-hydroxylation sites is 1. The number of fused-ring (bicyclic) bond motifs is 20. The Hall–Kier alpha value is -8.62. The molecule has 36 nitrogen and oxygen atoms in total. The highest BCUT2D eigenvalue weighted by atomic mass is 16.6. The zero-order chi connectivity index (χ0) is 83.8. The third kappa shape index (κ3) is 17.7. The number of carbonyl (C=O) groups is 16. The number of carbonyl (C=O) groups excluding carboxylic acids is 16. The summed E-state index contributed by atoms with van der Waals surface area (Å²) in [6.45, 7) is 4.62. The van der Waals surface area contributed by atoms with E-state index < -0.39 is 183 Å². The van der Waals surface area contributed by atoms with Gasteiger partial charge in [-0.15, -0.1) is 0 Å². The monoisotopic (exact) mass is 1490 g/mol. The summed E-state index contributed by atoms with van der Waals surface area (Å²) in [5.74, 6) is -12.0. The normalized spacial score (nSPS) is 35.3. The Kier molecular flexibility index (Phi) is 26.4. The Morgan fingerprint density at radius 3 is 1.10 bits per heavy atom. The Bertz CT molecular complexity index is 3610. The van der Waals surface area contributed by atoms with E-state index in [1.807, 2.05) is 0 Å². The van der Waals surface area contributed by atoms with Crippen molar-refractivity contribution in [2.75, 3.05) is 81.8 Å². The smallest absolute Gasteiger partial charge is 0.332 e. The molecule has 12 aliphatic rings. The number of anilines is 1. The van der Waals surface area contributed by atoms with Gasteiger partial charge in [-0.2, -0.15) is 0 Å². The molecule has 1 aromatic carbocycles. The molecule has 0 radical (unpaired) electrons. The van der Waals surface area contributed by atoms with Gasteiger partial charge in [-0.3, -0.25) is 86.6 Å². The molecule has 0 saturated carbocycles. The standard InChI is InChI=1S/C19H20N2O6.C16H22N2O6.C15H19NO7.C14H18N2O6.4CH4O/c1-20-13(22)7-8-14(23)26-12-9-11-15-16(17(12)27-11)19(25)21(18(15)24)10-5-3-2-4-6-10;1-7(2)18-15(21)12-8-6-9(14(24-8)13(12)16(18)22)23-11(20)5-4-10(19)17-3;1-3-7(17)5-21-6-10(18)22-9-4-8-11-12(13(9)23-8)15(20)16(2)14(11)19;1-15-8(17)3-4-9(18)21-7-5-6-10-11(12(7)22-6)14(20)16(2)13(10)19;4*1-2/h2-6,11-12,15-17H,7-9H2,1H3,(H,20,22);7-9,12-14H,4-6H2,1-3H3,(H,17,19);8-9,11-13H,3-6H2,1-2H3;6-7,10-12H,3-5H2,1-2H3,(H,15,17);4*2H,1H3/i9D;6D;4D;5D;4*2T. The summed E-state index contributed by atoms with van der Waals surface area (Å²) >= 11 is 0. The van der Waals surface area contributed by atoms with Gasteiger partial charge in [-0.05, 0) is 26.0 Å². The van der Waals surface area contributed by atoms with E-state index in [2.05, 4.69) is 36.4 Å². The number of hydrogen-bond donors (Lipinski definition) is 7. The fourth-order valence-corrected chi connectivity index (χ4v) is 14.3. The number of nitrogens with one attached hydrogen (secondary N) is 3. The molecule has 13 rings (SSSR count). The molecule has 24 atom stereocenters. The lowest BCUT2D eigenvalue weighted by molar-refractivity contribution is -0.160. The van der Waals surface area contributed by atoms with Crippen molar-refractivity contribution in [3.05, 3.63) is 30.3 Å². The van der Waals surface area contributed by atoms with Gasteiger partial charge >= 0.3 is 23.9 Å². The number of ether oxygens (including phenoxy) is 9. The number of amides is 11. The average molecular weight is 1490 g/mol. The molecule has 104 heavy (non-hydrogen) atoms. The first-order valence-electron chi connectivity index (χ1n) is 37.2. The number of likely N-dealkylation sites (tertiary alicyclic amines) is 3. The van der Waals surface area contributed by atoms with Gasteiger partial charge in [0, 0.05) is 126 Å². The molecule has 12 aliphatic heterocycles. The molecule has 36 heteroatoms. The van der Waals surface area contributed by atoms with Crippen LogP contribution < -0.4 is 20.9 Å². The highest BCUT2D eigenvalue weighted by Crippen LogP contribution is 2.53. The average Bonchev–Trinajstić information content (AvgIpc) is 1.57. The lowest BCUT2D eigenvalue weighted by Gasteiger charge is -2.25. The maximum absolute atomic E-state index is 13.0. The van der Waals surface area contributed by atoms with Crippen LogP contribution in [0.3, 0.4) is 0 Å². The second-order valence-corrected chi connectivity index (χ2v) is 24.9. The van der Waals surface area contributed by atoms with Crippen LogP contribution in [0, 0.1) is 47.3 Å². The van der Waals surface area contributed by atoms with Crippen LogP contribution in [0.15, 0.2) is 30.3 Å². The minimum atomic E-state index is -0.956. The molecule has 12 fully saturated rings. The summed E-state index contributed by atoms with van der Waals surface area (Å²) in [5, 5.41) is 21.2. The number of aliphatic hydroxyl groups is 4. The van der Waals surface area contributed by atoms with Crippen LogP contribution in [0.4, 0.5) is 5.69 Å². The highest BCUT2D eigenvalue weighted by Gasteiger charge is 2.70. The molecule has 0 aromatic heterocycles. The number of Topliss-reactive ketones (excluding diaryl/α,β-unsaturated/α-hetero) is 1. The maximum Gasteiger partial charge on any atom is 0.332 e. The number of ketones is 1. The van der Waals surface area contributed by atoms with E-state index in [1.54, 1.807) is 51.1 Å². The van der Waals surface area contributed by atoms with Crippen molar-refractivity contribution < 1.29 is 145 Å². The summed E-state index contributed by atoms with van der Waals surface area (Å²) < 4.78 is 104. The second-order valence-electron chi connectivity index (χ2n) is 24.9. The SMILES string of the molecule is [2H]C1C(OC(=O)CCC(=O)NC)C2OC1C1C(=O)N(C(C)C)C(=O)C21.[2H]C1C(OC(=O)CCC(=O)NC)C2OC1C1C(=O)N(C)C(=O)C21.[2H]C1C(OC(=O)CCC(=O)NC)C2OC1C1C(=O)N(c3ccccc3)C(=O)C21.[2H]C1C(OC(=O)COCC(=O)CC)C2OC1C1C(=O)N(C)C(=O)C21.[3H]OC.[3H]OC.[3H]OC.[3H]OC. The van der Waals surface area contributed by atoms with E-state index >= 15 is 0 Å². The Morgan fingerprint density at radius 1 is 0.471 bits per heavy atom. The molecular weight excluding hydrogens is 1380 g/mol. The number of nitrogens with zero attached hydrogens (tertiary/aromatic N) is 4. The summed E-state index contributed by atoms with van der Waals surface area (Å²) in [5.41, 5.74) is 0.479. The molecule has 0 aliphatic carbocycles. The minimum absolute atomic E-state index is 0.00806. The van der Waals surface area contributed by atoms with Crippen molar-refractivity contribution in [2.24, 2.45) is 47.3 Å². The topological polar surface area (TPSA) is 486 Å². The van der Waals surface area contributed by atoms with Crippen molar-refractivity contribution in [3.8, 4) is 0 Å². The van der Waals surface area contributed by atoms with E-state index in [0.29, 0.717) is 12.1 Å². The Balaban J connectivity index is 0.000000222. The second kappa shape index (κ2) is 37.9. The largest absolute Gasteiger partial charge is 0.459 e. The predicted molar refractivity (Wildman–Crippen MR) is 351 cm³/mol. The first kappa shape index (κ1) is 72.3. The predicted octanol–water partition coefficient (Wildman–Crippen LogP) is -3.44. The molecule has 12 heterocycles. The molecule has 7 N–H and O–H groups in total. The first-order valence-corrected chi connectivity index (χ1v) is 33.3. The van der Waals surface area contributed by atoms with Crippen molar-refractivity contribution in [2.45, 2.75) is 171 Å². The minimum Gasteiger partial charge on any atom is -0.459 e. The van der Waals surface area contributed by atoms with Crippen LogP contribution in [-0.2, 0) is 119 Å². The summed E-state index contributed by atoms with van der Waals surface area (Å²) in [6, 6.07) is 8.35. The van der Waals surface area contributed by atoms with E-state index in [-0.39, 0.29) is 116 Å². The zero-order valence-electron chi connectivity index (χ0n) is 67.3. The number of hydrogen-bond acceptors (Lipinski definition) is 29. The van der Waals surface area contributed by atoms with Crippen molar-refractivity contribution in [1.29, 1.82) is 5.72 Å². The van der Waals surface area contributed by atoms with E-state index in [4.69, 9.17) is 53.8 Å². The fourth-order valence-electron chi connectivity index (χ4n) is 14.3. The van der Waals surface area contributed by atoms with Crippen LogP contribution in [0.25, 0.3) is 0 Å². The lowest BCUT2D eigenvalue weighted by Crippen LogP contribution is -2.41. The van der Waals surface area contributed by atoms with Crippen molar-refractivity contribution in [3.63, 3.8) is 0 Å². The summed E-state index contributed by atoms with van der Waals surface area (Å²) in [4.78, 5) is 196. The number of benzene rings is 1. The van der Waals surface area contributed by atoms with Gasteiger partial charge < -0.3 is 79.0 Å². The van der Waals surface area contributed by atoms with Crippen molar-refractivity contribution in [1.82, 2.24) is 30.7 Å². The number of esters is 4.